The number of ether oxygens (including phenoxy) is 3. The zero-order valence-electron chi connectivity index (χ0n) is 26.3. The van der Waals surface area contributed by atoms with E-state index < -0.39 is 17.3 Å². The van der Waals surface area contributed by atoms with E-state index in [1.54, 1.807) is 44.4 Å². The van der Waals surface area contributed by atoms with Crippen LogP contribution < -0.4 is 19.1 Å². The Kier molecular flexibility index (Phi) is 9.38. The highest BCUT2D eigenvalue weighted by atomic mass is 16.5. The van der Waals surface area contributed by atoms with Crippen molar-refractivity contribution < 1.29 is 28.9 Å². The molecular weight excluding hydrogens is 544 g/mol. The zero-order chi connectivity index (χ0) is 31.5. The first-order valence-electron chi connectivity index (χ1n) is 14.4. The largest absolute Gasteiger partial charge is 0.496 e. The molecule has 3 aromatic carbocycles. The predicted molar refractivity (Wildman–Crippen MR) is 171 cm³/mol. The Morgan fingerprint density at radius 3 is 2.09 bits per heavy atom. The second-order valence-corrected chi connectivity index (χ2v) is 12.2. The summed E-state index contributed by atoms with van der Waals surface area (Å²) in [5.41, 5.74) is 4.00. The number of benzene rings is 3. The number of aliphatic carboxylic acids is 1. The van der Waals surface area contributed by atoms with Crippen molar-refractivity contribution in [1.82, 2.24) is 4.98 Å². The summed E-state index contributed by atoms with van der Waals surface area (Å²) in [6, 6.07) is 19.0. The number of aromatic nitrogens is 1. The van der Waals surface area contributed by atoms with Crippen LogP contribution in [-0.4, -0.2) is 49.8 Å². The molecule has 1 amide bonds. The summed E-state index contributed by atoms with van der Waals surface area (Å²) in [5.74, 6) is 0.267. The van der Waals surface area contributed by atoms with E-state index in [0.29, 0.717) is 35.0 Å². The highest BCUT2D eigenvalue weighted by molar-refractivity contribution is 5.98. The van der Waals surface area contributed by atoms with Gasteiger partial charge in [-0.3, -0.25) is 9.59 Å². The number of aromatic amines is 1. The summed E-state index contributed by atoms with van der Waals surface area (Å²) >= 11 is 0. The summed E-state index contributed by atoms with van der Waals surface area (Å²) in [5, 5.41) is 11.3. The fraction of sp³-hybridized carbons (Fsp3) is 0.371. The molecule has 0 aliphatic heterocycles. The minimum atomic E-state index is -0.952. The van der Waals surface area contributed by atoms with E-state index in [4.69, 9.17) is 14.2 Å². The standard InChI is InChI=1S/C35H42N2O6/c1-21(2)20-37(34(40)35(3,4)5)28-18-22(13-15-29(28)41-6)26(33(38)39)19-25-17-24-16-23(12-14-27(24)36-25)32-30(42-7)10-9-11-31(32)43-8/h9-18,21,26,36H,19-20H2,1-8H3,(H,38,39). The molecule has 0 aliphatic rings. The first-order chi connectivity index (χ1) is 20.4. The molecule has 4 rings (SSSR count). The van der Waals surface area contributed by atoms with Gasteiger partial charge in [-0.15, -0.1) is 0 Å². The molecule has 0 aliphatic carbocycles. The monoisotopic (exact) mass is 586 g/mol. The van der Waals surface area contributed by atoms with Crippen molar-refractivity contribution in [3.8, 4) is 28.4 Å². The first kappa shape index (κ1) is 31.5. The summed E-state index contributed by atoms with van der Waals surface area (Å²) < 4.78 is 16.8. The molecule has 2 N–H and O–H groups in total. The molecule has 0 saturated heterocycles. The maximum absolute atomic E-state index is 13.5. The highest BCUT2D eigenvalue weighted by Gasteiger charge is 2.32. The first-order valence-corrected chi connectivity index (χ1v) is 14.4. The fourth-order valence-electron chi connectivity index (χ4n) is 5.36. The van der Waals surface area contributed by atoms with Gasteiger partial charge in [-0.1, -0.05) is 52.8 Å². The molecule has 1 aromatic heterocycles. The van der Waals surface area contributed by atoms with Gasteiger partial charge in [0.05, 0.1) is 38.5 Å². The van der Waals surface area contributed by atoms with Crippen molar-refractivity contribution in [3.63, 3.8) is 0 Å². The lowest BCUT2D eigenvalue weighted by Crippen LogP contribution is -2.42. The molecule has 4 aromatic rings. The van der Waals surface area contributed by atoms with Gasteiger partial charge in [-0.2, -0.15) is 0 Å². The third-order valence-electron chi connectivity index (χ3n) is 7.45. The Bertz CT molecular complexity index is 1590. The van der Waals surface area contributed by atoms with Crippen molar-refractivity contribution in [1.29, 1.82) is 0 Å². The van der Waals surface area contributed by atoms with Crippen LogP contribution in [0.3, 0.4) is 0 Å². The van der Waals surface area contributed by atoms with Crippen LogP contribution in [0.25, 0.3) is 22.0 Å². The van der Waals surface area contributed by atoms with Crippen molar-refractivity contribution in [2.24, 2.45) is 11.3 Å². The second-order valence-electron chi connectivity index (χ2n) is 12.2. The smallest absolute Gasteiger partial charge is 0.311 e. The SMILES string of the molecule is COc1ccc(C(Cc2cc3cc(-c4c(OC)cccc4OC)ccc3[nH]2)C(=O)O)cc1N(CC(C)C)C(=O)C(C)(C)C. The van der Waals surface area contributed by atoms with Crippen molar-refractivity contribution in [2.75, 3.05) is 32.8 Å². The lowest BCUT2D eigenvalue weighted by atomic mass is 9.91. The minimum absolute atomic E-state index is 0.0541. The molecule has 8 heteroatoms. The maximum atomic E-state index is 13.5. The van der Waals surface area contributed by atoms with E-state index in [1.165, 1.54) is 0 Å². The maximum Gasteiger partial charge on any atom is 0.311 e. The minimum Gasteiger partial charge on any atom is -0.496 e. The second kappa shape index (κ2) is 12.8. The van der Waals surface area contributed by atoms with Gasteiger partial charge in [0, 0.05) is 35.0 Å². The predicted octanol–water partition coefficient (Wildman–Crippen LogP) is 7.31. The fourth-order valence-corrected chi connectivity index (χ4v) is 5.36. The third-order valence-corrected chi connectivity index (χ3v) is 7.45. The number of carbonyl (C=O) groups excluding carboxylic acids is 1. The Hall–Kier alpha value is -4.46. The number of carboxylic acid groups (broad SMARTS) is 1. The Morgan fingerprint density at radius 2 is 1.53 bits per heavy atom. The van der Waals surface area contributed by atoms with E-state index in [-0.39, 0.29) is 18.2 Å². The number of fused-ring (bicyclic) bond motifs is 1. The molecule has 228 valence electrons. The number of rotatable bonds is 11. The molecule has 1 atom stereocenters. The van der Waals surface area contributed by atoms with Crippen LogP contribution in [0, 0.1) is 11.3 Å². The topological polar surface area (TPSA) is 101 Å². The van der Waals surface area contributed by atoms with Crippen LogP contribution in [-0.2, 0) is 16.0 Å². The Balaban J connectivity index is 1.73. The Morgan fingerprint density at radius 1 is 0.884 bits per heavy atom. The van der Waals surface area contributed by atoms with Crippen LogP contribution in [0.1, 0.15) is 51.8 Å². The van der Waals surface area contributed by atoms with E-state index in [0.717, 1.165) is 27.7 Å². The van der Waals surface area contributed by atoms with E-state index >= 15 is 0 Å². The van der Waals surface area contributed by atoms with Gasteiger partial charge in [0.2, 0.25) is 5.91 Å². The van der Waals surface area contributed by atoms with Crippen molar-refractivity contribution in [2.45, 2.75) is 47.0 Å². The summed E-state index contributed by atoms with van der Waals surface area (Å²) in [7, 11) is 4.81. The average molecular weight is 587 g/mol. The molecule has 0 spiro atoms. The number of anilines is 1. The number of methoxy groups -OCH3 is 3. The van der Waals surface area contributed by atoms with Crippen LogP contribution in [0.4, 0.5) is 5.69 Å². The molecule has 0 fully saturated rings. The van der Waals surface area contributed by atoms with Crippen molar-refractivity contribution in [3.05, 3.63) is 71.9 Å². The molecule has 1 unspecified atom stereocenters. The number of amides is 1. The van der Waals surface area contributed by atoms with Crippen LogP contribution in [0.15, 0.2) is 60.7 Å². The van der Waals surface area contributed by atoms with Crippen molar-refractivity contribution >= 4 is 28.5 Å². The van der Waals surface area contributed by atoms with Gasteiger partial charge >= 0.3 is 5.97 Å². The van der Waals surface area contributed by atoms with Crippen LogP contribution in [0.2, 0.25) is 0 Å². The quantitative estimate of drug-likeness (QED) is 0.191. The van der Waals surface area contributed by atoms with Gasteiger partial charge in [0.1, 0.15) is 17.2 Å². The van der Waals surface area contributed by atoms with Gasteiger partial charge in [-0.05, 0) is 59.5 Å². The van der Waals surface area contributed by atoms with Gasteiger partial charge in [0.15, 0.2) is 0 Å². The van der Waals surface area contributed by atoms with Gasteiger partial charge < -0.3 is 29.2 Å². The summed E-state index contributed by atoms with van der Waals surface area (Å²) in [4.78, 5) is 31.3. The molecular formula is C35H42N2O6. The number of hydrogen-bond acceptors (Lipinski definition) is 5. The molecule has 0 saturated carbocycles. The Labute approximate surface area is 253 Å². The summed E-state index contributed by atoms with van der Waals surface area (Å²) in [6.07, 6.45) is 0.237. The van der Waals surface area contributed by atoms with Crippen LogP contribution in [0.5, 0.6) is 17.2 Å². The van der Waals surface area contributed by atoms with Gasteiger partial charge in [-0.25, -0.2) is 0 Å². The lowest BCUT2D eigenvalue weighted by molar-refractivity contribution is -0.138. The number of nitrogens with one attached hydrogen (secondary N) is 1. The number of carboxylic acids is 1. The molecule has 43 heavy (non-hydrogen) atoms. The molecule has 0 radical (unpaired) electrons. The molecule has 8 nitrogen and oxygen atoms in total. The number of nitrogens with zero attached hydrogens (tertiary/aromatic N) is 1. The number of carbonyl (C=O) groups is 2. The molecule has 1 heterocycles. The molecule has 0 bridgehead atoms. The third kappa shape index (κ3) is 6.79. The zero-order valence-corrected chi connectivity index (χ0v) is 26.3. The number of hydrogen-bond donors (Lipinski definition) is 2. The number of H-pyrrole nitrogens is 1. The van der Waals surface area contributed by atoms with Gasteiger partial charge in [0.25, 0.3) is 0 Å². The van der Waals surface area contributed by atoms with E-state index in [9.17, 15) is 14.7 Å². The van der Waals surface area contributed by atoms with Crippen LogP contribution >= 0.6 is 0 Å². The normalized spacial score (nSPS) is 12.3. The van der Waals surface area contributed by atoms with E-state index in [2.05, 4.69) is 4.98 Å². The summed E-state index contributed by atoms with van der Waals surface area (Å²) in [6.45, 7) is 10.2. The average Bonchev–Trinajstić information content (AvgIpc) is 3.38. The lowest BCUT2D eigenvalue weighted by Gasteiger charge is -2.32. The highest BCUT2D eigenvalue weighted by Crippen LogP contribution is 2.40. The van der Waals surface area contributed by atoms with E-state index in [1.807, 2.05) is 77.1 Å².